The predicted molar refractivity (Wildman–Crippen MR) is 233 cm³/mol. The van der Waals surface area contributed by atoms with Gasteiger partial charge in [0.2, 0.25) is 0 Å². The Kier molecular flexibility index (Phi) is 9.55. The maximum atomic E-state index is 11.1. The number of benzene rings is 2. The molecule has 2 nitrogen and oxygen atoms in total. The van der Waals surface area contributed by atoms with E-state index in [2.05, 4.69) is 140 Å². The molecule has 2 heteroatoms. The van der Waals surface area contributed by atoms with Crippen molar-refractivity contribution in [2.45, 2.75) is 123 Å². The molecule has 292 valence electrons. The largest absolute Gasteiger partial charge is 0.508 e. The number of aromatic hydroxyl groups is 1. The van der Waals surface area contributed by atoms with Crippen LogP contribution in [0.3, 0.4) is 0 Å². The Labute approximate surface area is 337 Å². The predicted octanol–water partition coefficient (Wildman–Crippen LogP) is 13.2. The van der Waals surface area contributed by atoms with Crippen molar-refractivity contribution in [1.82, 2.24) is 0 Å². The van der Waals surface area contributed by atoms with Gasteiger partial charge in [-0.25, -0.2) is 0 Å². The summed E-state index contributed by atoms with van der Waals surface area (Å²) in [5, 5.41) is 21.6. The third kappa shape index (κ3) is 6.07. The number of hydrogen-bond acceptors (Lipinski definition) is 2. The number of aliphatic hydroxyl groups is 1. The maximum absolute atomic E-state index is 11.1. The number of aryl methyl sites for hydroxylation is 1. The SMILES string of the molecule is CC1=CC(C)C=CC(C2(C3=CCC(C)C(O)C(C)=C3)CC3CC2CC3c2ccc(C3CC4CC3CC4(C3=CC(C)=C(C)CC=C3)c3ccc(O)c(C)c3)cc2)=C1. The van der Waals surface area contributed by atoms with E-state index in [0.29, 0.717) is 47.2 Å². The van der Waals surface area contributed by atoms with E-state index in [9.17, 15) is 10.2 Å². The third-order valence-electron chi connectivity index (χ3n) is 16.4. The third-order valence-corrected chi connectivity index (χ3v) is 16.4. The maximum Gasteiger partial charge on any atom is 0.118 e. The molecule has 4 fully saturated rings. The fourth-order valence-corrected chi connectivity index (χ4v) is 13.3. The second kappa shape index (κ2) is 14.2. The van der Waals surface area contributed by atoms with E-state index >= 15 is 0 Å². The van der Waals surface area contributed by atoms with Crippen LogP contribution in [0.5, 0.6) is 5.75 Å². The zero-order valence-corrected chi connectivity index (χ0v) is 35.0. The average Bonchev–Trinajstić information content (AvgIpc) is 3.92. The lowest BCUT2D eigenvalue weighted by Gasteiger charge is -2.43. The standard InChI is InChI=1S/C54H64O2/c1-32-11-17-44(22-33(2)21-32)54(45-18-12-35(4)52(56)38(7)25-45)31-42-27-48(54)29-50(42)40-15-13-39(14-16-40)49-28-47-26-41(49)30-53(47,46-19-20-51(55)37(6)24-46)43-10-8-9-34(3)36(5)23-43/h8,10-11,13-25,32,35,41-42,47-50,52,55-56H,9,12,26-31H2,1-7H3. The van der Waals surface area contributed by atoms with Crippen molar-refractivity contribution < 1.29 is 10.2 Å². The van der Waals surface area contributed by atoms with Gasteiger partial charge in [-0.2, -0.15) is 0 Å². The van der Waals surface area contributed by atoms with Gasteiger partial charge in [0.25, 0.3) is 0 Å². The summed E-state index contributed by atoms with van der Waals surface area (Å²) < 4.78 is 0. The van der Waals surface area contributed by atoms with Gasteiger partial charge in [0, 0.05) is 10.8 Å². The van der Waals surface area contributed by atoms with Crippen molar-refractivity contribution in [3.05, 3.63) is 158 Å². The molecule has 0 aliphatic heterocycles. The van der Waals surface area contributed by atoms with E-state index < -0.39 is 0 Å². The van der Waals surface area contributed by atoms with E-state index in [1.165, 1.54) is 83.1 Å². The van der Waals surface area contributed by atoms with Crippen LogP contribution in [0.4, 0.5) is 0 Å². The Morgan fingerprint density at radius 2 is 1.34 bits per heavy atom. The molecule has 56 heavy (non-hydrogen) atoms. The second-order valence-corrected chi connectivity index (χ2v) is 19.7. The fourth-order valence-electron chi connectivity index (χ4n) is 13.3. The van der Waals surface area contributed by atoms with Crippen molar-refractivity contribution in [3.63, 3.8) is 0 Å². The monoisotopic (exact) mass is 744 g/mol. The number of hydrogen-bond donors (Lipinski definition) is 2. The van der Waals surface area contributed by atoms with Crippen LogP contribution in [0.1, 0.15) is 127 Å². The van der Waals surface area contributed by atoms with Crippen molar-refractivity contribution in [2.75, 3.05) is 0 Å². The van der Waals surface area contributed by atoms with Crippen LogP contribution in [-0.2, 0) is 5.41 Å². The number of aliphatic hydroxyl groups excluding tert-OH is 1. The first kappa shape index (κ1) is 37.7. The topological polar surface area (TPSA) is 40.5 Å². The fraction of sp³-hybridized carbons (Fsp3) is 0.481. The van der Waals surface area contributed by atoms with Crippen LogP contribution in [0.2, 0.25) is 0 Å². The van der Waals surface area contributed by atoms with Crippen LogP contribution in [0, 0.1) is 47.8 Å². The van der Waals surface area contributed by atoms with E-state index in [1.54, 1.807) is 5.56 Å². The summed E-state index contributed by atoms with van der Waals surface area (Å²) in [7, 11) is 0. The highest BCUT2D eigenvalue weighted by Gasteiger charge is 2.59. The molecule has 0 amide bonds. The molecule has 0 saturated heterocycles. The number of rotatable bonds is 6. The summed E-state index contributed by atoms with van der Waals surface area (Å²) >= 11 is 0. The Hall–Kier alpha value is -3.88. The van der Waals surface area contributed by atoms with Gasteiger partial charge in [-0.15, -0.1) is 0 Å². The zero-order chi connectivity index (χ0) is 39.1. The van der Waals surface area contributed by atoms with Crippen LogP contribution in [-0.4, -0.2) is 16.3 Å². The van der Waals surface area contributed by atoms with Gasteiger partial charge in [-0.1, -0.05) is 122 Å². The molecule has 0 radical (unpaired) electrons. The lowest BCUT2D eigenvalue weighted by molar-refractivity contribution is 0.153. The molecule has 2 aromatic carbocycles. The summed E-state index contributed by atoms with van der Waals surface area (Å²) in [6, 6.07) is 16.5. The minimum Gasteiger partial charge on any atom is -0.508 e. The molecule has 11 atom stereocenters. The van der Waals surface area contributed by atoms with Crippen LogP contribution >= 0.6 is 0 Å². The summed E-state index contributed by atoms with van der Waals surface area (Å²) in [5.74, 6) is 4.76. The first-order chi connectivity index (χ1) is 26.9. The second-order valence-electron chi connectivity index (χ2n) is 19.7. The smallest absolute Gasteiger partial charge is 0.118 e. The molecule has 2 N–H and O–H groups in total. The molecule has 4 bridgehead atoms. The van der Waals surface area contributed by atoms with Crippen LogP contribution < -0.4 is 0 Å². The zero-order valence-electron chi connectivity index (χ0n) is 35.0. The molecule has 0 spiro atoms. The number of fused-ring (bicyclic) bond motifs is 4. The van der Waals surface area contributed by atoms with Gasteiger partial charge in [-0.05, 0) is 184 Å². The summed E-state index contributed by atoms with van der Waals surface area (Å²) in [6.45, 7) is 15.5. The molecule has 0 heterocycles. The minimum atomic E-state index is -0.370. The molecule has 7 aliphatic rings. The number of allylic oxidation sites excluding steroid dienone is 15. The van der Waals surface area contributed by atoms with Gasteiger partial charge >= 0.3 is 0 Å². The summed E-state index contributed by atoms with van der Waals surface area (Å²) in [5.41, 5.74) is 15.2. The van der Waals surface area contributed by atoms with E-state index in [4.69, 9.17) is 0 Å². The lowest BCUT2D eigenvalue weighted by atomic mass is 9.60. The van der Waals surface area contributed by atoms with Gasteiger partial charge in [0.15, 0.2) is 0 Å². The normalized spacial score (nSPS) is 37.8. The van der Waals surface area contributed by atoms with Gasteiger partial charge < -0.3 is 10.2 Å². The minimum absolute atomic E-state index is 0.00241. The first-order valence-electron chi connectivity index (χ1n) is 22.0. The van der Waals surface area contributed by atoms with Crippen molar-refractivity contribution in [2.24, 2.45) is 40.9 Å². The lowest BCUT2D eigenvalue weighted by Crippen LogP contribution is -2.36. The van der Waals surface area contributed by atoms with Crippen LogP contribution in [0.15, 0.2) is 136 Å². The molecule has 2 aromatic rings. The Balaban J connectivity index is 0.982. The summed E-state index contributed by atoms with van der Waals surface area (Å²) in [6.07, 6.45) is 30.9. The van der Waals surface area contributed by atoms with Gasteiger partial charge in [0.05, 0.1) is 6.10 Å². The Morgan fingerprint density at radius 3 is 1.96 bits per heavy atom. The van der Waals surface area contributed by atoms with Gasteiger partial charge in [0.1, 0.15) is 5.75 Å². The molecule has 11 unspecified atom stereocenters. The van der Waals surface area contributed by atoms with Crippen molar-refractivity contribution in [1.29, 1.82) is 0 Å². The average molecular weight is 745 g/mol. The van der Waals surface area contributed by atoms with Gasteiger partial charge in [-0.3, -0.25) is 0 Å². The van der Waals surface area contributed by atoms with E-state index in [0.717, 1.165) is 24.0 Å². The highest BCUT2D eigenvalue weighted by molar-refractivity contribution is 5.54. The quantitative estimate of drug-likeness (QED) is 0.309. The highest BCUT2D eigenvalue weighted by Crippen LogP contribution is 2.68. The number of phenolic OH excluding ortho intramolecular Hbond substituents is 1. The van der Waals surface area contributed by atoms with E-state index in [-0.39, 0.29) is 22.9 Å². The van der Waals surface area contributed by atoms with Crippen molar-refractivity contribution in [3.8, 4) is 5.75 Å². The number of phenols is 1. The Morgan fingerprint density at radius 1 is 0.696 bits per heavy atom. The molecule has 7 aliphatic carbocycles. The molecular weight excluding hydrogens is 681 g/mol. The molecule has 9 rings (SSSR count). The molecular formula is C54H64O2. The van der Waals surface area contributed by atoms with Crippen molar-refractivity contribution >= 4 is 0 Å². The first-order valence-corrected chi connectivity index (χ1v) is 22.0. The van der Waals surface area contributed by atoms with E-state index in [1.807, 2.05) is 6.07 Å². The summed E-state index contributed by atoms with van der Waals surface area (Å²) in [4.78, 5) is 0. The highest BCUT2D eigenvalue weighted by atomic mass is 16.3. The molecule has 0 aromatic heterocycles. The van der Waals surface area contributed by atoms with Crippen LogP contribution in [0.25, 0.3) is 0 Å². The Bertz CT molecular complexity index is 2160. The molecule has 4 saturated carbocycles.